The molecule has 1 unspecified atom stereocenters. The van der Waals surface area contributed by atoms with Gasteiger partial charge >= 0.3 is 6.16 Å². The maximum absolute atomic E-state index is 11.3. The maximum Gasteiger partial charge on any atom is 0.508 e. The summed E-state index contributed by atoms with van der Waals surface area (Å²) in [5, 5.41) is 1.80. The van der Waals surface area contributed by atoms with Gasteiger partial charge in [0.2, 0.25) is 0 Å². The lowest BCUT2D eigenvalue weighted by molar-refractivity contribution is 0.0971. The number of carbonyl (C=O) groups is 2. The van der Waals surface area contributed by atoms with Crippen molar-refractivity contribution in [2.75, 3.05) is 13.2 Å². The number of carbonyl (C=O) groups excluding carboxylic acids is 2. The molecule has 2 aromatic carbocycles. The molecule has 0 amide bonds. The van der Waals surface area contributed by atoms with E-state index in [1.807, 2.05) is 30.3 Å². The minimum atomic E-state index is -0.687. The third-order valence-electron chi connectivity index (χ3n) is 3.12. The molecule has 1 heterocycles. The van der Waals surface area contributed by atoms with Crippen LogP contribution < -0.4 is 4.74 Å². The summed E-state index contributed by atoms with van der Waals surface area (Å²) in [4.78, 5) is 22.1. The molecule has 0 N–H and O–H groups in total. The number of fused-ring (bicyclic) bond motifs is 1. The maximum atomic E-state index is 11.3. The minimum absolute atomic E-state index is 0.158. The van der Waals surface area contributed by atoms with Crippen LogP contribution in [0.5, 0.6) is 5.75 Å². The predicted molar refractivity (Wildman–Crippen MR) is 71.1 cm³/mol. The normalized spacial score (nSPS) is 17.6. The lowest BCUT2D eigenvalue weighted by atomic mass is 10.0. The zero-order chi connectivity index (χ0) is 13.9. The molecule has 1 aliphatic heterocycles. The van der Waals surface area contributed by atoms with Crippen molar-refractivity contribution in [2.24, 2.45) is 0 Å². The van der Waals surface area contributed by atoms with Gasteiger partial charge in [0.25, 0.3) is 0 Å². The molecule has 1 saturated heterocycles. The van der Waals surface area contributed by atoms with Crippen molar-refractivity contribution in [1.29, 1.82) is 0 Å². The molecular formula is C15H12O5. The zero-order valence-corrected chi connectivity index (χ0v) is 10.6. The largest absolute Gasteiger partial charge is 0.508 e. The van der Waals surface area contributed by atoms with E-state index in [1.54, 1.807) is 6.07 Å². The first-order chi connectivity index (χ1) is 9.78. The average molecular weight is 272 g/mol. The lowest BCUT2D eigenvalue weighted by Gasteiger charge is -2.12. The van der Waals surface area contributed by atoms with Crippen molar-refractivity contribution in [3.8, 4) is 5.75 Å². The van der Waals surface area contributed by atoms with Gasteiger partial charge in [0.05, 0.1) is 5.56 Å². The van der Waals surface area contributed by atoms with Crippen molar-refractivity contribution in [1.82, 2.24) is 0 Å². The van der Waals surface area contributed by atoms with Crippen LogP contribution in [0.3, 0.4) is 0 Å². The smallest absolute Gasteiger partial charge is 0.489 e. The summed E-state index contributed by atoms with van der Waals surface area (Å²) < 4.78 is 15.1. The SMILES string of the molecule is O=Cc1c(OCC2COC(=O)O2)ccc2ccccc12. The summed E-state index contributed by atoms with van der Waals surface area (Å²) in [7, 11) is 0. The third-order valence-corrected chi connectivity index (χ3v) is 3.12. The van der Waals surface area contributed by atoms with Crippen LogP contribution in [0.15, 0.2) is 36.4 Å². The van der Waals surface area contributed by atoms with Crippen LogP contribution in [0.4, 0.5) is 4.79 Å². The van der Waals surface area contributed by atoms with Crippen molar-refractivity contribution in [3.05, 3.63) is 42.0 Å². The summed E-state index contributed by atoms with van der Waals surface area (Å²) in [5.74, 6) is 0.474. The number of cyclic esters (lactones) is 2. The number of hydrogen-bond acceptors (Lipinski definition) is 5. The van der Waals surface area contributed by atoms with Gasteiger partial charge in [0, 0.05) is 0 Å². The second-order valence-corrected chi connectivity index (χ2v) is 4.43. The molecule has 1 aliphatic rings. The average Bonchev–Trinajstić information content (AvgIpc) is 2.90. The highest BCUT2D eigenvalue weighted by Gasteiger charge is 2.25. The predicted octanol–water partition coefficient (Wildman–Crippen LogP) is 2.57. The first-order valence-electron chi connectivity index (χ1n) is 6.21. The number of rotatable bonds is 4. The van der Waals surface area contributed by atoms with Crippen LogP contribution >= 0.6 is 0 Å². The number of benzene rings is 2. The summed E-state index contributed by atoms with van der Waals surface area (Å²) in [6.07, 6.45) is -0.351. The van der Waals surface area contributed by atoms with Gasteiger partial charge in [-0.1, -0.05) is 30.3 Å². The van der Waals surface area contributed by atoms with Crippen molar-refractivity contribution < 1.29 is 23.8 Å². The Morgan fingerprint density at radius 3 is 2.85 bits per heavy atom. The molecule has 0 saturated carbocycles. The van der Waals surface area contributed by atoms with Crippen LogP contribution in [0.2, 0.25) is 0 Å². The monoisotopic (exact) mass is 272 g/mol. The van der Waals surface area contributed by atoms with Gasteiger partial charge in [0.1, 0.15) is 19.0 Å². The molecule has 0 aromatic heterocycles. The van der Waals surface area contributed by atoms with E-state index in [-0.39, 0.29) is 13.2 Å². The molecule has 102 valence electrons. The summed E-state index contributed by atoms with van der Waals surface area (Å²) >= 11 is 0. The molecule has 0 radical (unpaired) electrons. The fraction of sp³-hybridized carbons (Fsp3) is 0.200. The Morgan fingerprint density at radius 1 is 1.25 bits per heavy atom. The van der Waals surface area contributed by atoms with E-state index in [9.17, 15) is 9.59 Å². The highest BCUT2D eigenvalue weighted by molar-refractivity contribution is 6.00. The van der Waals surface area contributed by atoms with Crippen molar-refractivity contribution in [2.45, 2.75) is 6.10 Å². The molecule has 1 fully saturated rings. The van der Waals surface area contributed by atoms with Crippen LogP contribution in [0.1, 0.15) is 10.4 Å². The van der Waals surface area contributed by atoms with E-state index < -0.39 is 12.3 Å². The van der Waals surface area contributed by atoms with Gasteiger partial charge in [-0.15, -0.1) is 0 Å². The highest BCUT2D eigenvalue weighted by atomic mass is 16.8. The Bertz CT molecular complexity index is 664. The Kier molecular flexibility index (Phi) is 3.25. The molecule has 5 heteroatoms. The number of aldehydes is 1. The Hall–Kier alpha value is -2.56. The molecular weight excluding hydrogens is 260 g/mol. The Balaban J connectivity index is 1.84. The third kappa shape index (κ3) is 2.30. The molecule has 3 rings (SSSR count). The standard InChI is InChI=1S/C15H12O5/c16-7-13-12-4-2-1-3-10(12)5-6-14(13)18-8-11-9-19-15(17)20-11/h1-7,11H,8-9H2. The molecule has 0 bridgehead atoms. The van der Waals surface area contributed by atoms with Gasteiger partial charge < -0.3 is 14.2 Å². The molecule has 20 heavy (non-hydrogen) atoms. The summed E-state index contributed by atoms with van der Waals surface area (Å²) in [5.41, 5.74) is 0.494. The van der Waals surface area contributed by atoms with Crippen molar-refractivity contribution >= 4 is 23.2 Å². The van der Waals surface area contributed by atoms with E-state index in [4.69, 9.17) is 9.47 Å². The fourth-order valence-corrected chi connectivity index (χ4v) is 2.15. The summed E-state index contributed by atoms with van der Waals surface area (Å²) in [6.45, 7) is 0.327. The van der Waals surface area contributed by atoms with Gasteiger partial charge in [-0.2, -0.15) is 0 Å². The van der Waals surface area contributed by atoms with Gasteiger partial charge in [-0.05, 0) is 16.8 Å². The Labute approximate surface area is 115 Å². The topological polar surface area (TPSA) is 61.8 Å². The van der Waals surface area contributed by atoms with Crippen LogP contribution in [0, 0.1) is 0 Å². The van der Waals surface area contributed by atoms with Crippen molar-refractivity contribution in [3.63, 3.8) is 0 Å². The molecule has 0 spiro atoms. The van der Waals surface area contributed by atoms with E-state index in [0.29, 0.717) is 11.3 Å². The van der Waals surface area contributed by atoms with Gasteiger partial charge in [0.15, 0.2) is 12.4 Å². The Morgan fingerprint density at radius 2 is 2.10 bits per heavy atom. The minimum Gasteiger partial charge on any atom is -0.489 e. The molecule has 5 nitrogen and oxygen atoms in total. The second-order valence-electron chi connectivity index (χ2n) is 4.43. The quantitative estimate of drug-likeness (QED) is 0.632. The van der Waals surface area contributed by atoms with Gasteiger partial charge in [-0.3, -0.25) is 4.79 Å². The first kappa shape index (κ1) is 12.5. The first-order valence-corrected chi connectivity index (χ1v) is 6.21. The van der Waals surface area contributed by atoms with E-state index in [2.05, 4.69) is 4.74 Å². The van der Waals surface area contributed by atoms with Crippen LogP contribution in [-0.4, -0.2) is 31.8 Å². The highest BCUT2D eigenvalue weighted by Crippen LogP contribution is 2.27. The van der Waals surface area contributed by atoms with E-state index in [1.165, 1.54) is 0 Å². The molecule has 1 atom stereocenters. The van der Waals surface area contributed by atoms with Gasteiger partial charge in [-0.25, -0.2) is 4.79 Å². The molecule has 0 aliphatic carbocycles. The van der Waals surface area contributed by atoms with Crippen LogP contribution in [0.25, 0.3) is 10.8 Å². The fourth-order valence-electron chi connectivity index (χ4n) is 2.15. The second kappa shape index (κ2) is 5.21. The van der Waals surface area contributed by atoms with Crippen LogP contribution in [-0.2, 0) is 9.47 Å². The zero-order valence-electron chi connectivity index (χ0n) is 10.6. The number of hydrogen-bond donors (Lipinski definition) is 0. The lowest BCUT2D eigenvalue weighted by Crippen LogP contribution is -2.20. The van der Waals surface area contributed by atoms with E-state index >= 15 is 0 Å². The number of ether oxygens (including phenoxy) is 3. The molecule has 2 aromatic rings. The van der Waals surface area contributed by atoms with E-state index in [0.717, 1.165) is 17.1 Å². The summed E-state index contributed by atoms with van der Waals surface area (Å²) in [6, 6.07) is 11.2.